The monoisotopic (exact) mass is 412 g/mol. The molecule has 1 amide bonds. The Hall–Kier alpha value is -2.22. The Labute approximate surface area is 152 Å². The van der Waals surface area contributed by atoms with E-state index in [9.17, 15) is 14.0 Å². The molecule has 1 atom stereocenters. The van der Waals surface area contributed by atoms with Crippen molar-refractivity contribution in [1.29, 1.82) is 0 Å². The van der Waals surface area contributed by atoms with E-state index in [-0.39, 0.29) is 11.4 Å². The number of ether oxygens (including phenoxy) is 1. The number of nitrogens with one attached hydrogen (secondary N) is 1. The molecule has 1 N–H and O–H groups in total. The predicted octanol–water partition coefficient (Wildman–Crippen LogP) is 4.24. The number of nitrogens with zero attached hydrogens (tertiary/aromatic N) is 1. The zero-order valence-corrected chi connectivity index (χ0v) is 15.4. The Balaban J connectivity index is 2.10. The van der Waals surface area contributed by atoms with Gasteiger partial charge in [-0.2, -0.15) is 0 Å². The van der Waals surface area contributed by atoms with E-state index in [1.165, 1.54) is 12.1 Å². The molecule has 0 radical (unpaired) electrons. The summed E-state index contributed by atoms with van der Waals surface area (Å²) in [6.45, 7) is 3.64. The van der Waals surface area contributed by atoms with E-state index in [4.69, 9.17) is 9.26 Å². The third-order valence-electron chi connectivity index (χ3n) is 3.39. The average molecular weight is 413 g/mol. The Bertz CT molecular complexity index is 763. The number of halogens is 2. The summed E-state index contributed by atoms with van der Waals surface area (Å²) < 4.78 is 24.5. The third-order valence-corrected chi connectivity index (χ3v) is 3.89. The maximum absolute atomic E-state index is 13.9. The second kappa shape index (κ2) is 8.75. The molecule has 0 fully saturated rings. The number of aromatic nitrogens is 1. The number of carbonyl (C=O) groups excluding carboxylic acids is 2. The summed E-state index contributed by atoms with van der Waals surface area (Å²) >= 11 is 3.12. The summed E-state index contributed by atoms with van der Waals surface area (Å²) in [7, 11) is 0. The van der Waals surface area contributed by atoms with Crippen LogP contribution in [-0.2, 0) is 9.53 Å². The summed E-state index contributed by atoms with van der Waals surface area (Å²) in [6.07, 6.45) is 0.763. The quantitative estimate of drug-likeness (QED) is 0.687. The summed E-state index contributed by atoms with van der Waals surface area (Å²) in [4.78, 5) is 24.6. The summed E-state index contributed by atoms with van der Waals surface area (Å²) in [6, 6.07) is 5.54. The van der Waals surface area contributed by atoms with Crippen molar-refractivity contribution in [1.82, 2.24) is 5.16 Å². The molecule has 0 aliphatic carbocycles. The van der Waals surface area contributed by atoms with Crippen LogP contribution in [0.2, 0.25) is 0 Å². The molecule has 6 nitrogen and oxygen atoms in total. The van der Waals surface area contributed by atoms with Gasteiger partial charge in [0.05, 0.1) is 5.56 Å². The van der Waals surface area contributed by atoms with Gasteiger partial charge >= 0.3 is 5.97 Å². The van der Waals surface area contributed by atoms with Gasteiger partial charge in [0.25, 0.3) is 5.91 Å². The minimum atomic E-state index is -1.05. The first-order valence-electron chi connectivity index (χ1n) is 7.81. The number of rotatable bonds is 7. The largest absolute Gasteiger partial charge is 0.449 e. The van der Waals surface area contributed by atoms with Crippen molar-refractivity contribution in [3.63, 3.8) is 0 Å². The van der Waals surface area contributed by atoms with Crippen LogP contribution in [0, 0.1) is 12.7 Å². The number of unbranched alkanes of at least 4 members (excludes halogenated alkanes) is 1. The first-order valence-corrected chi connectivity index (χ1v) is 8.60. The van der Waals surface area contributed by atoms with E-state index < -0.39 is 23.8 Å². The zero-order valence-electron chi connectivity index (χ0n) is 13.8. The van der Waals surface area contributed by atoms with Gasteiger partial charge in [-0.15, -0.1) is 0 Å². The summed E-state index contributed by atoms with van der Waals surface area (Å²) in [5.74, 6) is -1.38. The van der Waals surface area contributed by atoms with Crippen molar-refractivity contribution in [3.8, 4) is 0 Å². The Kier molecular flexibility index (Phi) is 6.69. The summed E-state index contributed by atoms with van der Waals surface area (Å²) in [5.41, 5.74) is -0.227. The number of aryl methyl sites for hydroxylation is 1. The average Bonchev–Trinajstić information content (AvgIpc) is 2.96. The molecule has 25 heavy (non-hydrogen) atoms. The smallest absolute Gasteiger partial charge is 0.341 e. The second-order valence-corrected chi connectivity index (χ2v) is 6.39. The molecule has 8 heteroatoms. The predicted molar refractivity (Wildman–Crippen MR) is 92.7 cm³/mol. The molecule has 0 saturated heterocycles. The maximum atomic E-state index is 13.9. The molecule has 0 spiro atoms. The summed E-state index contributed by atoms with van der Waals surface area (Å²) in [5, 5.41) is 6.20. The molecule has 2 aromatic rings. The van der Waals surface area contributed by atoms with Gasteiger partial charge in [0.15, 0.2) is 11.9 Å². The van der Waals surface area contributed by atoms with E-state index >= 15 is 0 Å². The maximum Gasteiger partial charge on any atom is 0.341 e. The molecular weight excluding hydrogens is 395 g/mol. The van der Waals surface area contributed by atoms with Crippen LogP contribution in [0.1, 0.15) is 42.3 Å². The number of amides is 1. The van der Waals surface area contributed by atoms with Gasteiger partial charge in [0, 0.05) is 10.5 Å². The molecule has 0 saturated carbocycles. The Morgan fingerprint density at radius 2 is 2.16 bits per heavy atom. The number of anilines is 1. The molecule has 0 aliphatic heterocycles. The highest BCUT2D eigenvalue weighted by Crippen LogP contribution is 2.18. The minimum Gasteiger partial charge on any atom is -0.449 e. The van der Waals surface area contributed by atoms with Gasteiger partial charge in [-0.05, 0) is 38.0 Å². The molecule has 1 unspecified atom stereocenters. The highest BCUT2D eigenvalue weighted by molar-refractivity contribution is 9.10. The van der Waals surface area contributed by atoms with E-state index in [1.807, 2.05) is 6.92 Å². The third kappa shape index (κ3) is 5.38. The topological polar surface area (TPSA) is 81.4 Å². The van der Waals surface area contributed by atoms with E-state index in [2.05, 4.69) is 26.4 Å². The molecule has 1 aromatic heterocycles. The fourth-order valence-corrected chi connectivity index (χ4v) is 2.45. The molecule has 134 valence electrons. The van der Waals surface area contributed by atoms with Crippen LogP contribution >= 0.6 is 15.9 Å². The molecule has 1 heterocycles. The number of hydrogen-bond acceptors (Lipinski definition) is 5. The van der Waals surface area contributed by atoms with Crippen molar-refractivity contribution < 1.29 is 23.2 Å². The fourth-order valence-electron chi connectivity index (χ4n) is 2.11. The van der Waals surface area contributed by atoms with E-state index in [0.29, 0.717) is 23.1 Å². The minimum absolute atomic E-state index is 0.227. The van der Waals surface area contributed by atoms with Crippen LogP contribution in [-0.4, -0.2) is 23.1 Å². The van der Waals surface area contributed by atoms with Crippen molar-refractivity contribution in [2.24, 2.45) is 0 Å². The van der Waals surface area contributed by atoms with Crippen molar-refractivity contribution in [3.05, 3.63) is 45.9 Å². The van der Waals surface area contributed by atoms with Gasteiger partial charge in [0.2, 0.25) is 0 Å². The standard InChI is InChI=1S/C17H18BrFN2O4/c1-3-4-5-14(16(22)20-15-8-10(2)25-21-15)24-17(23)12-7-6-11(18)9-13(12)19/h6-9,14H,3-5H2,1-2H3,(H,20,21,22). The Morgan fingerprint density at radius 1 is 1.40 bits per heavy atom. The van der Waals surface area contributed by atoms with E-state index in [1.54, 1.807) is 13.0 Å². The lowest BCUT2D eigenvalue weighted by Gasteiger charge is -2.17. The highest BCUT2D eigenvalue weighted by Gasteiger charge is 2.25. The number of hydrogen-bond donors (Lipinski definition) is 1. The van der Waals surface area contributed by atoms with Crippen molar-refractivity contribution in [2.75, 3.05) is 5.32 Å². The first kappa shape index (κ1) is 19.1. The lowest BCUT2D eigenvalue weighted by atomic mass is 10.1. The van der Waals surface area contributed by atoms with Crippen LogP contribution < -0.4 is 5.32 Å². The number of esters is 1. The normalized spacial score (nSPS) is 11.8. The van der Waals surface area contributed by atoms with Gasteiger partial charge in [-0.3, -0.25) is 4.79 Å². The molecular formula is C17H18BrFN2O4. The van der Waals surface area contributed by atoms with Gasteiger partial charge in [0.1, 0.15) is 11.6 Å². The Morgan fingerprint density at radius 3 is 2.76 bits per heavy atom. The number of benzene rings is 1. The second-order valence-electron chi connectivity index (χ2n) is 5.47. The lowest BCUT2D eigenvalue weighted by molar-refractivity contribution is -0.125. The number of carbonyl (C=O) groups is 2. The van der Waals surface area contributed by atoms with Crippen molar-refractivity contribution >= 4 is 33.6 Å². The van der Waals surface area contributed by atoms with E-state index in [0.717, 1.165) is 12.5 Å². The first-order chi connectivity index (χ1) is 11.9. The molecule has 2 rings (SSSR count). The van der Waals surface area contributed by atoms with Gasteiger partial charge < -0.3 is 14.6 Å². The highest BCUT2D eigenvalue weighted by atomic mass is 79.9. The fraction of sp³-hybridized carbons (Fsp3) is 0.353. The lowest BCUT2D eigenvalue weighted by Crippen LogP contribution is -2.33. The molecule has 0 bridgehead atoms. The van der Waals surface area contributed by atoms with Crippen LogP contribution in [0.3, 0.4) is 0 Å². The van der Waals surface area contributed by atoms with Crippen LogP contribution in [0.5, 0.6) is 0 Å². The van der Waals surface area contributed by atoms with Crippen LogP contribution in [0.4, 0.5) is 10.2 Å². The van der Waals surface area contributed by atoms with Crippen molar-refractivity contribution in [2.45, 2.75) is 39.2 Å². The zero-order chi connectivity index (χ0) is 18.4. The molecule has 1 aromatic carbocycles. The SMILES string of the molecule is CCCCC(OC(=O)c1ccc(Br)cc1F)C(=O)Nc1cc(C)on1. The van der Waals surface area contributed by atoms with Crippen LogP contribution in [0.15, 0.2) is 33.3 Å². The van der Waals surface area contributed by atoms with Crippen LogP contribution in [0.25, 0.3) is 0 Å². The van der Waals surface area contributed by atoms with Gasteiger partial charge in [-0.1, -0.05) is 34.4 Å². The molecule has 0 aliphatic rings. The van der Waals surface area contributed by atoms with Gasteiger partial charge in [-0.25, -0.2) is 9.18 Å².